The molecular formula is C12H22O3. The quantitative estimate of drug-likeness (QED) is 0.703. The van der Waals surface area contributed by atoms with E-state index in [0.29, 0.717) is 12.7 Å². The lowest BCUT2D eigenvalue weighted by molar-refractivity contribution is -0.130. The molecular weight excluding hydrogens is 192 g/mol. The summed E-state index contributed by atoms with van der Waals surface area (Å²) in [6.07, 6.45) is 3.93. The summed E-state index contributed by atoms with van der Waals surface area (Å²) in [5, 5.41) is 0. The first-order valence-electron chi connectivity index (χ1n) is 5.85. The Morgan fingerprint density at radius 3 is 2.80 bits per heavy atom. The van der Waals surface area contributed by atoms with Gasteiger partial charge in [0.1, 0.15) is 6.61 Å². The fraction of sp³-hybridized carbons (Fsp3) is 0.917. The molecule has 1 fully saturated rings. The van der Waals surface area contributed by atoms with E-state index in [0.717, 1.165) is 12.8 Å². The summed E-state index contributed by atoms with van der Waals surface area (Å²) in [5.41, 5.74) is 0. The summed E-state index contributed by atoms with van der Waals surface area (Å²) in [7, 11) is 0. The molecule has 0 bridgehead atoms. The highest BCUT2D eigenvalue weighted by atomic mass is 16.5. The molecule has 15 heavy (non-hydrogen) atoms. The van der Waals surface area contributed by atoms with Crippen molar-refractivity contribution in [3.63, 3.8) is 0 Å². The van der Waals surface area contributed by atoms with Crippen LogP contribution in [-0.2, 0) is 14.3 Å². The minimum absolute atomic E-state index is 0.0659. The van der Waals surface area contributed by atoms with E-state index >= 15 is 0 Å². The Kier molecular flexibility index (Phi) is 5.26. The maximum Gasteiger partial charge on any atom is 0.160 e. The molecule has 0 aliphatic carbocycles. The molecule has 0 aromatic heterocycles. The van der Waals surface area contributed by atoms with Gasteiger partial charge >= 0.3 is 0 Å². The zero-order valence-electron chi connectivity index (χ0n) is 9.99. The smallest absolute Gasteiger partial charge is 0.160 e. The zero-order valence-corrected chi connectivity index (χ0v) is 9.99. The van der Waals surface area contributed by atoms with Crippen LogP contribution in [0.3, 0.4) is 0 Å². The third kappa shape index (κ3) is 4.76. The Labute approximate surface area is 92.1 Å². The first-order valence-corrected chi connectivity index (χ1v) is 5.85. The van der Waals surface area contributed by atoms with E-state index in [-0.39, 0.29) is 24.4 Å². The van der Waals surface area contributed by atoms with Crippen molar-refractivity contribution in [3.8, 4) is 0 Å². The maximum atomic E-state index is 11.3. The van der Waals surface area contributed by atoms with Gasteiger partial charge in [0.25, 0.3) is 0 Å². The minimum atomic E-state index is 0.0659. The Morgan fingerprint density at radius 2 is 2.20 bits per heavy atom. The molecule has 0 aromatic carbocycles. The lowest BCUT2D eigenvalue weighted by Gasteiger charge is -2.27. The van der Waals surface area contributed by atoms with E-state index in [1.807, 2.05) is 13.8 Å². The van der Waals surface area contributed by atoms with Gasteiger partial charge in [-0.25, -0.2) is 0 Å². The van der Waals surface area contributed by atoms with Crippen LogP contribution < -0.4 is 0 Å². The van der Waals surface area contributed by atoms with E-state index in [1.54, 1.807) is 0 Å². The Balaban J connectivity index is 2.11. The van der Waals surface area contributed by atoms with Crippen LogP contribution in [0.15, 0.2) is 0 Å². The van der Waals surface area contributed by atoms with Crippen molar-refractivity contribution in [1.82, 2.24) is 0 Å². The molecule has 0 amide bonds. The van der Waals surface area contributed by atoms with Gasteiger partial charge in [0.05, 0.1) is 18.8 Å². The molecule has 0 saturated carbocycles. The van der Waals surface area contributed by atoms with Crippen LogP contribution in [0.2, 0.25) is 0 Å². The van der Waals surface area contributed by atoms with Crippen LogP contribution in [0.4, 0.5) is 0 Å². The summed E-state index contributed by atoms with van der Waals surface area (Å²) in [6.45, 7) is 6.66. The Hall–Kier alpha value is -0.410. The van der Waals surface area contributed by atoms with Crippen LogP contribution >= 0.6 is 0 Å². The molecule has 3 heteroatoms. The second kappa shape index (κ2) is 6.23. The van der Waals surface area contributed by atoms with Crippen LogP contribution in [-0.4, -0.2) is 31.2 Å². The molecule has 3 nitrogen and oxygen atoms in total. The average molecular weight is 214 g/mol. The standard InChI is InChI=1S/C12H22O3/c1-9(2)12(13)8-14-7-11-6-4-5-10(3)15-11/h9-11H,4-8H2,1-3H3. The van der Waals surface area contributed by atoms with E-state index in [4.69, 9.17) is 9.47 Å². The Morgan fingerprint density at radius 1 is 1.47 bits per heavy atom. The average Bonchev–Trinajstić information content (AvgIpc) is 2.17. The number of ketones is 1. The maximum absolute atomic E-state index is 11.3. The molecule has 0 spiro atoms. The van der Waals surface area contributed by atoms with Crippen LogP contribution in [0.5, 0.6) is 0 Å². The number of carbonyl (C=O) groups excluding carboxylic acids is 1. The summed E-state index contributed by atoms with van der Waals surface area (Å²) >= 11 is 0. The first kappa shape index (κ1) is 12.7. The molecule has 1 saturated heterocycles. The van der Waals surface area contributed by atoms with Gasteiger partial charge in [-0.15, -0.1) is 0 Å². The predicted octanol–water partition coefficient (Wildman–Crippen LogP) is 2.19. The Bertz CT molecular complexity index is 201. The van der Waals surface area contributed by atoms with Crippen molar-refractivity contribution in [3.05, 3.63) is 0 Å². The van der Waals surface area contributed by atoms with E-state index < -0.39 is 0 Å². The molecule has 0 radical (unpaired) electrons. The van der Waals surface area contributed by atoms with Crippen molar-refractivity contribution < 1.29 is 14.3 Å². The highest BCUT2D eigenvalue weighted by molar-refractivity contribution is 5.81. The monoisotopic (exact) mass is 214 g/mol. The largest absolute Gasteiger partial charge is 0.373 e. The van der Waals surface area contributed by atoms with Gasteiger partial charge in [0.2, 0.25) is 0 Å². The van der Waals surface area contributed by atoms with Gasteiger partial charge in [-0.2, -0.15) is 0 Å². The van der Waals surface area contributed by atoms with E-state index in [2.05, 4.69) is 6.92 Å². The van der Waals surface area contributed by atoms with Crippen molar-refractivity contribution >= 4 is 5.78 Å². The molecule has 1 aliphatic rings. The van der Waals surface area contributed by atoms with Crippen molar-refractivity contribution in [2.45, 2.75) is 52.2 Å². The third-order valence-corrected chi connectivity index (χ3v) is 2.75. The summed E-state index contributed by atoms with van der Waals surface area (Å²) in [4.78, 5) is 11.3. The fourth-order valence-corrected chi connectivity index (χ4v) is 1.68. The molecule has 1 heterocycles. The highest BCUT2D eigenvalue weighted by Crippen LogP contribution is 2.18. The van der Waals surface area contributed by atoms with Crippen molar-refractivity contribution in [2.24, 2.45) is 5.92 Å². The lowest BCUT2D eigenvalue weighted by atomic mass is 10.1. The number of hydrogen-bond donors (Lipinski definition) is 0. The SMILES string of the molecule is CC1CCCC(COCC(=O)C(C)C)O1. The van der Waals surface area contributed by atoms with Gasteiger partial charge < -0.3 is 9.47 Å². The zero-order chi connectivity index (χ0) is 11.3. The van der Waals surface area contributed by atoms with Gasteiger partial charge in [-0.3, -0.25) is 4.79 Å². The van der Waals surface area contributed by atoms with E-state index in [1.165, 1.54) is 6.42 Å². The first-order chi connectivity index (χ1) is 7.09. The predicted molar refractivity (Wildman–Crippen MR) is 58.9 cm³/mol. The number of Topliss-reactive ketones (excluding diaryl/α,β-unsaturated/α-hetero) is 1. The fourth-order valence-electron chi connectivity index (χ4n) is 1.68. The van der Waals surface area contributed by atoms with Crippen LogP contribution in [0.1, 0.15) is 40.0 Å². The number of rotatable bonds is 5. The number of carbonyl (C=O) groups is 1. The second-order valence-corrected chi connectivity index (χ2v) is 4.64. The minimum Gasteiger partial charge on any atom is -0.373 e. The van der Waals surface area contributed by atoms with E-state index in [9.17, 15) is 4.79 Å². The van der Waals surface area contributed by atoms with Gasteiger partial charge in [0.15, 0.2) is 5.78 Å². The molecule has 1 rings (SSSR count). The molecule has 88 valence electrons. The number of ether oxygens (including phenoxy) is 2. The molecule has 2 atom stereocenters. The second-order valence-electron chi connectivity index (χ2n) is 4.64. The molecule has 2 unspecified atom stereocenters. The van der Waals surface area contributed by atoms with Gasteiger partial charge in [0, 0.05) is 5.92 Å². The highest BCUT2D eigenvalue weighted by Gasteiger charge is 2.19. The topological polar surface area (TPSA) is 35.5 Å². The molecule has 1 aliphatic heterocycles. The third-order valence-electron chi connectivity index (χ3n) is 2.75. The lowest BCUT2D eigenvalue weighted by Crippen LogP contribution is -2.30. The van der Waals surface area contributed by atoms with Gasteiger partial charge in [-0.1, -0.05) is 13.8 Å². The van der Waals surface area contributed by atoms with Gasteiger partial charge in [-0.05, 0) is 26.2 Å². The summed E-state index contributed by atoms with van der Waals surface area (Å²) in [5.74, 6) is 0.232. The van der Waals surface area contributed by atoms with Crippen LogP contribution in [0.25, 0.3) is 0 Å². The van der Waals surface area contributed by atoms with Crippen molar-refractivity contribution in [1.29, 1.82) is 0 Å². The molecule has 0 aromatic rings. The number of hydrogen-bond acceptors (Lipinski definition) is 3. The summed E-state index contributed by atoms with van der Waals surface area (Å²) < 4.78 is 11.1. The normalized spacial score (nSPS) is 26.9. The summed E-state index contributed by atoms with van der Waals surface area (Å²) in [6, 6.07) is 0. The van der Waals surface area contributed by atoms with Crippen molar-refractivity contribution in [2.75, 3.05) is 13.2 Å². The molecule has 0 N–H and O–H groups in total. The van der Waals surface area contributed by atoms with Crippen LogP contribution in [0, 0.1) is 5.92 Å².